The second-order valence-electron chi connectivity index (χ2n) is 6.75. The maximum absolute atomic E-state index is 12.0. The third-order valence-electron chi connectivity index (χ3n) is 4.89. The minimum Gasteiger partial charge on any atom is -0.507 e. The molecule has 1 unspecified atom stereocenters. The first-order valence-corrected chi connectivity index (χ1v) is 8.86. The Balaban J connectivity index is 1.75. The first-order valence-electron chi connectivity index (χ1n) is 8.86. The molecular weight excluding hydrogens is 376 g/mol. The molecule has 1 aliphatic heterocycles. The van der Waals surface area contributed by atoms with Crippen molar-refractivity contribution in [3.63, 3.8) is 0 Å². The van der Waals surface area contributed by atoms with Crippen LogP contribution in [-0.4, -0.2) is 27.9 Å². The van der Waals surface area contributed by atoms with E-state index in [0.717, 1.165) is 0 Å². The van der Waals surface area contributed by atoms with E-state index in [1.165, 1.54) is 31.2 Å². The molecule has 7 nitrogen and oxygen atoms in total. The number of hydrogen-bond acceptors (Lipinski definition) is 6. The number of ether oxygens (including phenoxy) is 1. The van der Waals surface area contributed by atoms with Crippen LogP contribution in [0, 0.1) is 0 Å². The number of hydrogen-bond donors (Lipinski definition) is 2. The van der Waals surface area contributed by atoms with Crippen molar-refractivity contribution in [2.24, 2.45) is 0 Å². The minimum absolute atomic E-state index is 0.0488. The molecule has 2 N–H and O–H groups in total. The Hall–Kier alpha value is -3.87. The van der Waals surface area contributed by atoms with Crippen molar-refractivity contribution in [1.82, 2.24) is 0 Å². The molecule has 1 aliphatic rings. The number of ketones is 1. The molecule has 29 heavy (non-hydrogen) atoms. The van der Waals surface area contributed by atoms with Gasteiger partial charge in [-0.3, -0.25) is 9.59 Å². The smallest absolute Gasteiger partial charge is 0.335 e. The lowest BCUT2D eigenvalue weighted by atomic mass is 9.88. The molecule has 0 saturated carbocycles. The van der Waals surface area contributed by atoms with Crippen LogP contribution >= 0.6 is 0 Å². The number of aromatic hydroxyl groups is 1. The molecule has 0 fully saturated rings. The first kappa shape index (κ1) is 18.5. The largest absolute Gasteiger partial charge is 0.507 e. The molecule has 0 bridgehead atoms. The van der Waals surface area contributed by atoms with Gasteiger partial charge >= 0.3 is 11.9 Å². The van der Waals surface area contributed by atoms with Crippen molar-refractivity contribution >= 4 is 17.7 Å². The van der Waals surface area contributed by atoms with Gasteiger partial charge in [0.1, 0.15) is 23.0 Å². The summed E-state index contributed by atoms with van der Waals surface area (Å²) in [5.41, 5.74) is 1.30. The van der Waals surface area contributed by atoms with Gasteiger partial charge in [-0.15, -0.1) is 0 Å². The van der Waals surface area contributed by atoms with Crippen molar-refractivity contribution in [3.05, 3.63) is 71.0 Å². The van der Waals surface area contributed by atoms with Gasteiger partial charge in [-0.2, -0.15) is 0 Å². The number of esters is 1. The number of benzene rings is 2. The molecule has 0 aliphatic carbocycles. The number of phenols is 1. The maximum Gasteiger partial charge on any atom is 0.335 e. The van der Waals surface area contributed by atoms with Crippen LogP contribution in [0.5, 0.6) is 11.5 Å². The van der Waals surface area contributed by atoms with Crippen molar-refractivity contribution < 1.29 is 33.8 Å². The maximum atomic E-state index is 12.0. The lowest BCUT2D eigenvalue weighted by Gasteiger charge is -2.24. The Labute approximate surface area is 165 Å². The number of aromatic carboxylic acids is 1. The fraction of sp³-hybridized carbons (Fsp3) is 0.136. The molecule has 1 aromatic heterocycles. The van der Waals surface area contributed by atoms with Gasteiger partial charge in [-0.05, 0) is 43.3 Å². The summed E-state index contributed by atoms with van der Waals surface area (Å²) in [7, 11) is 0. The molecule has 0 spiro atoms. The van der Waals surface area contributed by atoms with Gasteiger partial charge < -0.3 is 19.4 Å². The lowest BCUT2D eigenvalue weighted by Crippen LogP contribution is -2.21. The van der Waals surface area contributed by atoms with E-state index in [4.69, 9.17) is 14.3 Å². The average Bonchev–Trinajstić information content (AvgIpc) is 3.17. The molecule has 7 heteroatoms. The highest BCUT2D eigenvalue weighted by atomic mass is 16.5. The number of furan rings is 1. The van der Waals surface area contributed by atoms with Gasteiger partial charge in [0.2, 0.25) is 0 Å². The van der Waals surface area contributed by atoms with E-state index in [1.54, 1.807) is 24.3 Å². The van der Waals surface area contributed by atoms with Gasteiger partial charge in [0.05, 0.1) is 23.5 Å². The highest BCUT2D eigenvalue weighted by Crippen LogP contribution is 2.46. The number of carboxylic acids is 1. The number of fused-ring (bicyclic) bond motifs is 1. The fourth-order valence-electron chi connectivity index (χ4n) is 3.45. The summed E-state index contributed by atoms with van der Waals surface area (Å²) in [5, 5.41) is 19.6. The summed E-state index contributed by atoms with van der Waals surface area (Å²) in [6, 6.07) is 12.5. The molecule has 0 amide bonds. The molecule has 0 saturated heterocycles. The van der Waals surface area contributed by atoms with E-state index < -0.39 is 17.9 Å². The van der Waals surface area contributed by atoms with Crippen molar-refractivity contribution in [2.75, 3.05) is 0 Å². The number of phenolic OH excluding ortho intramolecular Hbond substituents is 1. The standard InChI is InChI=1S/C22H16O7/c1-11(23)14-6-7-18-20(21(14)25)15(10-19(24)29-18)17-9-8-16(28-17)12-2-4-13(5-3-12)22(26)27/h2-9,15,25H,10H2,1H3,(H,26,27). The average molecular weight is 392 g/mol. The zero-order valence-electron chi connectivity index (χ0n) is 15.3. The molecule has 1 atom stereocenters. The lowest BCUT2D eigenvalue weighted by molar-refractivity contribution is -0.135. The Morgan fingerprint density at radius 1 is 1.03 bits per heavy atom. The van der Waals surface area contributed by atoms with Crippen LogP contribution in [0.1, 0.15) is 51.3 Å². The Morgan fingerprint density at radius 3 is 2.41 bits per heavy atom. The molecular formula is C22H16O7. The second kappa shape index (κ2) is 6.94. The minimum atomic E-state index is -1.02. The Morgan fingerprint density at radius 2 is 1.76 bits per heavy atom. The van der Waals surface area contributed by atoms with Crippen LogP contribution in [0.3, 0.4) is 0 Å². The van der Waals surface area contributed by atoms with Crippen LogP contribution in [0.25, 0.3) is 11.3 Å². The highest BCUT2D eigenvalue weighted by molar-refractivity contribution is 5.98. The first-order chi connectivity index (χ1) is 13.8. The Kier molecular flexibility index (Phi) is 4.43. The van der Waals surface area contributed by atoms with Gasteiger partial charge in [-0.1, -0.05) is 12.1 Å². The van der Waals surface area contributed by atoms with Crippen LogP contribution < -0.4 is 4.74 Å². The number of carbonyl (C=O) groups excluding carboxylic acids is 2. The van der Waals surface area contributed by atoms with E-state index in [1.807, 2.05) is 0 Å². The molecule has 146 valence electrons. The summed E-state index contributed by atoms with van der Waals surface area (Å²) in [6.07, 6.45) is -0.0488. The molecule has 2 aromatic carbocycles. The van der Waals surface area contributed by atoms with Gasteiger partial charge in [0.25, 0.3) is 0 Å². The SMILES string of the molecule is CC(=O)c1ccc2c(c1O)C(c1ccc(-c3ccc(C(=O)O)cc3)o1)CC(=O)O2. The third-order valence-corrected chi connectivity index (χ3v) is 4.89. The predicted molar refractivity (Wildman–Crippen MR) is 101 cm³/mol. The summed E-state index contributed by atoms with van der Waals surface area (Å²) in [6.45, 7) is 1.34. The monoisotopic (exact) mass is 392 g/mol. The van der Waals surface area contributed by atoms with Crippen molar-refractivity contribution in [1.29, 1.82) is 0 Å². The number of carbonyl (C=O) groups is 3. The third kappa shape index (κ3) is 3.27. The van der Waals surface area contributed by atoms with Crippen LogP contribution in [-0.2, 0) is 4.79 Å². The molecule has 0 radical (unpaired) electrons. The van der Waals surface area contributed by atoms with Crippen molar-refractivity contribution in [2.45, 2.75) is 19.3 Å². The summed E-state index contributed by atoms with van der Waals surface area (Å²) < 4.78 is 11.1. The van der Waals surface area contributed by atoms with Crippen LogP contribution in [0.4, 0.5) is 0 Å². The van der Waals surface area contributed by atoms with E-state index in [0.29, 0.717) is 22.6 Å². The molecule has 3 aromatic rings. The van der Waals surface area contributed by atoms with E-state index in [2.05, 4.69) is 0 Å². The predicted octanol–water partition coefficient (Wildman–Crippen LogP) is 3.99. The zero-order chi connectivity index (χ0) is 20.7. The quantitative estimate of drug-likeness (QED) is 0.392. The topological polar surface area (TPSA) is 114 Å². The number of rotatable bonds is 4. The summed E-state index contributed by atoms with van der Waals surface area (Å²) in [5.74, 6) is -1.53. The molecule has 2 heterocycles. The summed E-state index contributed by atoms with van der Waals surface area (Å²) >= 11 is 0. The molecule has 4 rings (SSSR count). The van der Waals surface area contributed by atoms with Gasteiger partial charge in [0, 0.05) is 11.1 Å². The second-order valence-corrected chi connectivity index (χ2v) is 6.75. The van der Waals surface area contributed by atoms with Crippen LogP contribution in [0.15, 0.2) is 52.9 Å². The normalized spacial score (nSPS) is 15.5. The Bertz CT molecular complexity index is 1140. The highest BCUT2D eigenvalue weighted by Gasteiger charge is 2.34. The van der Waals surface area contributed by atoms with Gasteiger partial charge in [0.15, 0.2) is 5.78 Å². The summed E-state index contributed by atoms with van der Waals surface area (Å²) in [4.78, 5) is 34.8. The number of Topliss-reactive ketones (excluding diaryl/α,β-unsaturated/α-hetero) is 1. The van der Waals surface area contributed by atoms with E-state index in [9.17, 15) is 19.5 Å². The zero-order valence-corrected chi connectivity index (χ0v) is 15.3. The van der Waals surface area contributed by atoms with E-state index >= 15 is 0 Å². The number of carboxylic acid groups (broad SMARTS) is 1. The van der Waals surface area contributed by atoms with Crippen molar-refractivity contribution in [3.8, 4) is 22.8 Å². The fourth-order valence-corrected chi connectivity index (χ4v) is 3.45. The van der Waals surface area contributed by atoms with E-state index in [-0.39, 0.29) is 34.8 Å². The van der Waals surface area contributed by atoms with Crippen LogP contribution in [0.2, 0.25) is 0 Å². The van der Waals surface area contributed by atoms with Gasteiger partial charge in [-0.25, -0.2) is 4.79 Å².